The maximum Gasteiger partial charge on any atom is 0.298 e. The summed E-state index contributed by atoms with van der Waals surface area (Å²) in [5, 5.41) is 0. The number of rotatable bonds is 3. The zero-order chi connectivity index (χ0) is 11.6. The maximum atomic E-state index is 11.2. The summed E-state index contributed by atoms with van der Waals surface area (Å²) in [5.41, 5.74) is 8.52. The summed E-state index contributed by atoms with van der Waals surface area (Å²) < 4.78 is 27.0. The molecular formula is C9H15N3O2S. The summed E-state index contributed by atoms with van der Waals surface area (Å²) >= 11 is 0. The smallest absolute Gasteiger partial charge is 0.298 e. The predicted molar refractivity (Wildman–Crippen MR) is 61.9 cm³/mol. The number of hydrogen-bond donors (Lipinski definition) is 3. The minimum absolute atomic E-state index is 0.396. The molecule has 0 aromatic heterocycles. The van der Waals surface area contributed by atoms with E-state index in [9.17, 15) is 8.42 Å². The Morgan fingerprint density at radius 2 is 1.73 bits per heavy atom. The quantitative estimate of drug-likeness (QED) is 0.669. The Hall–Kier alpha value is -1.27. The van der Waals surface area contributed by atoms with Crippen molar-refractivity contribution in [2.75, 3.05) is 17.5 Å². The standard InChI is InChI=1S/C9H15N3O2S/c1-6-4-8(10)9(5-7(6)2)12-15(13,14)11-3/h4-5,11-12H,10H2,1-3H3. The Kier molecular flexibility index (Phi) is 3.21. The lowest BCUT2D eigenvalue weighted by atomic mass is 10.1. The van der Waals surface area contributed by atoms with Crippen LogP contribution in [0.25, 0.3) is 0 Å². The number of nitrogens with one attached hydrogen (secondary N) is 2. The van der Waals surface area contributed by atoms with E-state index < -0.39 is 10.2 Å². The Labute approximate surface area is 89.9 Å². The van der Waals surface area contributed by atoms with E-state index in [1.807, 2.05) is 13.8 Å². The molecule has 1 rings (SSSR count). The molecule has 84 valence electrons. The van der Waals surface area contributed by atoms with Crippen LogP contribution < -0.4 is 15.2 Å². The van der Waals surface area contributed by atoms with Gasteiger partial charge in [-0.25, -0.2) is 4.72 Å². The molecule has 1 aromatic carbocycles. The van der Waals surface area contributed by atoms with Crippen LogP contribution in [-0.4, -0.2) is 15.5 Å². The summed E-state index contributed by atoms with van der Waals surface area (Å²) in [6.07, 6.45) is 0. The van der Waals surface area contributed by atoms with E-state index in [-0.39, 0.29) is 0 Å². The number of nitrogen functional groups attached to an aromatic ring is 1. The molecule has 0 amide bonds. The van der Waals surface area contributed by atoms with Crippen LogP contribution in [0.5, 0.6) is 0 Å². The largest absolute Gasteiger partial charge is 0.397 e. The van der Waals surface area contributed by atoms with Crippen molar-refractivity contribution < 1.29 is 8.42 Å². The van der Waals surface area contributed by atoms with Gasteiger partial charge in [-0.1, -0.05) is 0 Å². The van der Waals surface area contributed by atoms with E-state index in [0.29, 0.717) is 11.4 Å². The van der Waals surface area contributed by atoms with Gasteiger partial charge in [0.1, 0.15) is 0 Å². The first-order valence-electron chi connectivity index (χ1n) is 4.43. The molecule has 1 aromatic rings. The molecule has 0 heterocycles. The second-order valence-corrected chi connectivity index (χ2v) is 4.95. The lowest BCUT2D eigenvalue weighted by Gasteiger charge is -2.11. The van der Waals surface area contributed by atoms with Crippen molar-refractivity contribution >= 4 is 21.6 Å². The Morgan fingerprint density at radius 1 is 1.20 bits per heavy atom. The molecule has 0 atom stereocenters. The fraction of sp³-hybridized carbons (Fsp3) is 0.333. The van der Waals surface area contributed by atoms with Crippen LogP contribution in [0.2, 0.25) is 0 Å². The van der Waals surface area contributed by atoms with E-state index in [1.54, 1.807) is 12.1 Å². The zero-order valence-electron chi connectivity index (χ0n) is 8.96. The van der Waals surface area contributed by atoms with Gasteiger partial charge in [-0.3, -0.25) is 4.72 Å². The van der Waals surface area contributed by atoms with Crippen LogP contribution >= 0.6 is 0 Å². The molecule has 0 fully saturated rings. The number of hydrogen-bond acceptors (Lipinski definition) is 3. The highest BCUT2D eigenvalue weighted by molar-refractivity contribution is 7.90. The molecule has 6 heteroatoms. The van der Waals surface area contributed by atoms with Gasteiger partial charge >= 0.3 is 0 Å². The van der Waals surface area contributed by atoms with Crippen LogP contribution in [-0.2, 0) is 10.2 Å². The molecule has 0 aliphatic rings. The van der Waals surface area contributed by atoms with Gasteiger partial charge in [-0.05, 0) is 37.1 Å². The fourth-order valence-electron chi connectivity index (χ4n) is 1.12. The van der Waals surface area contributed by atoms with Gasteiger partial charge in [0.05, 0.1) is 11.4 Å². The molecule has 0 unspecified atom stereocenters. The van der Waals surface area contributed by atoms with Gasteiger partial charge in [0.15, 0.2) is 0 Å². The van der Waals surface area contributed by atoms with Crippen molar-refractivity contribution in [3.05, 3.63) is 23.3 Å². The molecule has 0 saturated heterocycles. The lowest BCUT2D eigenvalue weighted by Crippen LogP contribution is -2.26. The summed E-state index contributed by atoms with van der Waals surface area (Å²) in [5.74, 6) is 0. The average Bonchev–Trinajstić information content (AvgIpc) is 2.14. The first kappa shape index (κ1) is 11.8. The highest BCUT2D eigenvalue weighted by atomic mass is 32.2. The van der Waals surface area contributed by atoms with Crippen LogP contribution in [0.1, 0.15) is 11.1 Å². The van der Waals surface area contributed by atoms with Gasteiger partial charge in [-0.15, -0.1) is 0 Å². The average molecular weight is 229 g/mol. The summed E-state index contributed by atoms with van der Waals surface area (Å²) in [6.45, 7) is 3.81. The second-order valence-electron chi connectivity index (χ2n) is 3.33. The van der Waals surface area contributed by atoms with Crippen molar-refractivity contribution in [2.45, 2.75) is 13.8 Å². The topological polar surface area (TPSA) is 84.2 Å². The van der Waals surface area contributed by atoms with Crippen molar-refractivity contribution in [3.63, 3.8) is 0 Å². The highest BCUT2D eigenvalue weighted by Crippen LogP contribution is 2.23. The van der Waals surface area contributed by atoms with Crippen molar-refractivity contribution in [2.24, 2.45) is 0 Å². The third kappa shape index (κ3) is 2.84. The number of aryl methyl sites for hydroxylation is 2. The maximum absolute atomic E-state index is 11.2. The van der Waals surface area contributed by atoms with Gasteiger partial charge < -0.3 is 5.73 Å². The molecule has 0 aliphatic heterocycles. The van der Waals surface area contributed by atoms with Gasteiger partial charge in [0.2, 0.25) is 0 Å². The first-order valence-corrected chi connectivity index (χ1v) is 5.92. The van der Waals surface area contributed by atoms with Crippen LogP contribution in [0.15, 0.2) is 12.1 Å². The van der Waals surface area contributed by atoms with E-state index in [1.165, 1.54) is 7.05 Å². The van der Waals surface area contributed by atoms with E-state index >= 15 is 0 Å². The van der Waals surface area contributed by atoms with Gasteiger partial charge in [-0.2, -0.15) is 8.42 Å². The molecule has 15 heavy (non-hydrogen) atoms. The molecule has 0 aliphatic carbocycles. The van der Waals surface area contributed by atoms with Crippen molar-refractivity contribution in [1.29, 1.82) is 0 Å². The summed E-state index contributed by atoms with van der Waals surface area (Å²) in [7, 11) is -2.17. The molecule has 5 nitrogen and oxygen atoms in total. The molecule has 0 bridgehead atoms. The third-order valence-electron chi connectivity index (χ3n) is 2.18. The summed E-state index contributed by atoms with van der Waals surface area (Å²) in [4.78, 5) is 0. The number of benzene rings is 1. The van der Waals surface area contributed by atoms with E-state index in [0.717, 1.165) is 11.1 Å². The van der Waals surface area contributed by atoms with Crippen molar-refractivity contribution in [1.82, 2.24) is 4.72 Å². The predicted octanol–water partition coefficient (Wildman–Crippen LogP) is 0.762. The van der Waals surface area contributed by atoms with Crippen molar-refractivity contribution in [3.8, 4) is 0 Å². The Bertz CT molecular complexity index is 468. The van der Waals surface area contributed by atoms with E-state index in [4.69, 9.17) is 5.73 Å². The number of nitrogens with two attached hydrogens (primary N) is 1. The Morgan fingerprint density at radius 3 is 2.27 bits per heavy atom. The third-order valence-corrected chi connectivity index (χ3v) is 3.21. The monoisotopic (exact) mass is 229 g/mol. The fourth-order valence-corrected chi connectivity index (χ4v) is 1.69. The number of anilines is 2. The van der Waals surface area contributed by atoms with E-state index in [2.05, 4.69) is 9.44 Å². The zero-order valence-corrected chi connectivity index (χ0v) is 9.77. The summed E-state index contributed by atoms with van der Waals surface area (Å²) in [6, 6.07) is 3.45. The molecule has 4 N–H and O–H groups in total. The van der Waals surface area contributed by atoms with Crippen LogP contribution in [0, 0.1) is 13.8 Å². The van der Waals surface area contributed by atoms with Crippen LogP contribution in [0.4, 0.5) is 11.4 Å². The molecule has 0 radical (unpaired) electrons. The minimum atomic E-state index is -3.50. The van der Waals surface area contributed by atoms with Gasteiger partial charge in [0, 0.05) is 7.05 Å². The first-order chi connectivity index (χ1) is 6.85. The molecule has 0 spiro atoms. The molecule has 0 saturated carbocycles. The SMILES string of the molecule is CNS(=O)(=O)Nc1cc(C)c(C)cc1N. The second kappa shape index (κ2) is 4.08. The lowest BCUT2D eigenvalue weighted by molar-refractivity contribution is 0.593. The molecular weight excluding hydrogens is 214 g/mol. The van der Waals surface area contributed by atoms with Gasteiger partial charge in [0.25, 0.3) is 10.2 Å². The Balaban J connectivity index is 3.12. The van der Waals surface area contributed by atoms with Crippen LogP contribution in [0.3, 0.4) is 0 Å². The highest BCUT2D eigenvalue weighted by Gasteiger charge is 2.09. The minimum Gasteiger partial charge on any atom is -0.397 e. The normalized spacial score (nSPS) is 11.4.